The van der Waals surface area contributed by atoms with E-state index in [1.807, 2.05) is 37.3 Å². The summed E-state index contributed by atoms with van der Waals surface area (Å²) in [5, 5.41) is 4.12. The number of thiocarbonyl (C=S) groups is 1. The van der Waals surface area contributed by atoms with E-state index in [1.165, 1.54) is 34.2 Å². The van der Waals surface area contributed by atoms with Crippen LogP contribution in [0, 0.1) is 5.82 Å². The molecule has 1 fully saturated rings. The number of carbonyl (C=O) groups is 3. The largest absolute Gasteiger partial charge is 0.326 e. The maximum absolute atomic E-state index is 13.2. The highest BCUT2D eigenvalue weighted by Crippen LogP contribution is 2.22. The molecule has 3 rings (SSSR count). The van der Waals surface area contributed by atoms with Crippen LogP contribution in [0.4, 0.5) is 10.1 Å². The first-order valence-electron chi connectivity index (χ1n) is 10.9. The van der Waals surface area contributed by atoms with Crippen molar-refractivity contribution in [2.75, 3.05) is 5.32 Å². The van der Waals surface area contributed by atoms with Crippen LogP contribution in [0.15, 0.2) is 54.6 Å². The van der Waals surface area contributed by atoms with Gasteiger partial charge >= 0.3 is 0 Å². The molecular weight excluding hydrogens is 443 g/mol. The summed E-state index contributed by atoms with van der Waals surface area (Å²) in [5.74, 6) is -1.50. The fraction of sp³-hybridized carbons (Fsp3) is 0.333. The third-order valence-electron chi connectivity index (χ3n) is 5.24. The van der Waals surface area contributed by atoms with Crippen LogP contribution >= 0.6 is 12.2 Å². The van der Waals surface area contributed by atoms with Gasteiger partial charge in [0.2, 0.25) is 11.8 Å². The molecule has 1 heterocycles. The van der Waals surface area contributed by atoms with Crippen LogP contribution in [-0.2, 0) is 20.9 Å². The van der Waals surface area contributed by atoms with Crippen molar-refractivity contribution in [1.29, 1.82) is 0 Å². The number of anilines is 1. The molecule has 33 heavy (non-hydrogen) atoms. The minimum atomic E-state index is -0.975. The Balaban J connectivity index is 1.74. The summed E-state index contributed by atoms with van der Waals surface area (Å²) >= 11 is 5.51. The van der Waals surface area contributed by atoms with Crippen molar-refractivity contribution in [2.45, 2.75) is 51.6 Å². The molecule has 0 saturated carbocycles. The average molecular weight is 471 g/mol. The molecule has 3 amide bonds. The molecule has 1 saturated heterocycles. The second-order valence-electron chi connectivity index (χ2n) is 7.83. The number of unbranched alkanes of at least 4 members (excludes halogenated alkanes) is 2. The number of benzene rings is 2. The molecule has 0 aromatic heterocycles. The van der Waals surface area contributed by atoms with Crippen LogP contribution in [0.1, 0.15) is 44.6 Å². The highest BCUT2D eigenvalue weighted by molar-refractivity contribution is 7.80. The monoisotopic (exact) mass is 470 g/mol. The van der Waals surface area contributed by atoms with E-state index in [0.717, 1.165) is 24.8 Å². The van der Waals surface area contributed by atoms with Crippen LogP contribution in [0.25, 0.3) is 0 Å². The van der Waals surface area contributed by atoms with E-state index in [4.69, 9.17) is 12.2 Å². The van der Waals surface area contributed by atoms with Gasteiger partial charge in [-0.25, -0.2) is 9.40 Å². The van der Waals surface area contributed by atoms with Gasteiger partial charge in [-0.1, -0.05) is 50.1 Å². The summed E-state index contributed by atoms with van der Waals surface area (Å²) in [6, 6.07) is 13.7. The Morgan fingerprint density at radius 2 is 1.73 bits per heavy atom. The van der Waals surface area contributed by atoms with Gasteiger partial charge in [0.05, 0.1) is 13.0 Å². The summed E-state index contributed by atoms with van der Waals surface area (Å²) in [5.41, 5.74) is 4.00. The lowest BCUT2D eigenvalue weighted by atomic mass is 10.1. The predicted molar refractivity (Wildman–Crippen MR) is 127 cm³/mol. The lowest BCUT2D eigenvalue weighted by Crippen LogP contribution is -2.49. The van der Waals surface area contributed by atoms with Gasteiger partial charge in [0, 0.05) is 12.1 Å². The fourth-order valence-electron chi connectivity index (χ4n) is 3.51. The minimum absolute atomic E-state index is 0.146. The molecule has 1 unspecified atom stereocenters. The Morgan fingerprint density at radius 3 is 2.39 bits per heavy atom. The van der Waals surface area contributed by atoms with Gasteiger partial charge in [0.1, 0.15) is 11.9 Å². The second-order valence-corrected chi connectivity index (χ2v) is 8.19. The number of nitrogens with one attached hydrogen (secondary N) is 2. The van der Waals surface area contributed by atoms with Crippen molar-refractivity contribution in [1.82, 2.24) is 15.3 Å². The number of halogens is 1. The number of rotatable bonds is 10. The number of hydrazine groups is 1. The summed E-state index contributed by atoms with van der Waals surface area (Å²) < 4.78 is 13.1. The Morgan fingerprint density at radius 1 is 1.03 bits per heavy atom. The smallest absolute Gasteiger partial charge is 0.254 e. The maximum Gasteiger partial charge on any atom is 0.254 e. The molecule has 0 spiro atoms. The highest BCUT2D eigenvalue weighted by atomic mass is 32.1. The van der Waals surface area contributed by atoms with Crippen LogP contribution in [0.2, 0.25) is 0 Å². The van der Waals surface area contributed by atoms with Crippen LogP contribution < -0.4 is 10.7 Å². The normalized spacial score (nSPS) is 15.6. The van der Waals surface area contributed by atoms with Gasteiger partial charge in [0.15, 0.2) is 5.11 Å². The maximum atomic E-state index is 13.2. The summed E-state index contributed by atoms with van der Waals surface area (Å²) in [6.45, 7) is 2.28. The zero-order valence-corrected chi connectivity index (χ0v) is 19.2. The SMILES string of the molecule is CCCCCC(=O)NN1C(=S)N(Cc2ccccc2)C(=O)C1CC(=O)Nc1ccc(F)cc1. The Hall–Kier alpha value is -3.33. The lowest BCUT2D eigenvalue weighted by Gasteiger charge is -2.24. The number of hydrogen-bond donors (Lipinski definition) is 2. The molecule has 0 radical (unpaired) electrons. The molecule has 174 valence electrons. The first-order chi connectivity index (χ1) is 15.9. The number of nitrogens with zero attached hydrogens (tertiary/aromatic N) is 2. The first-order valence-corrected chi connectivity index (χ1v) is 11.3. The van der Waals surface area contributed by atoms with Crippen molar-refractivity contribution < 1.29 is 18.8 Å². The van der Waals surface area contributed by atoms with Gasteiger partial charge in [-0.15, -0.1) is 0 Å². The molecule has 7 nitrogen and oxygen atoms in total. The zero-order chi connectivity index (χ0) is 23.8. The van der Waals surface area contributed by atoms with Crippen molar-refractivity contribution in [3.8, 4) is 0 Å². The number of carbonyl (C=O) groups excluding carboxylic acids is 3. The Bertz CT molecular complexity index is 1000. The van der Waals surface area contributed by atoms with Crippen molar-refractivity contribution in [3.05, 3.63) is 66.0 Å². The zero-order valence-electron chi connectivity index (χ0n) is 18.4. The Kier molecular flexibility index (Phi) is 8.48. The quantitative estimate of drug-likeness (QED) is 0.408. The van der Waals surface area contributed by atoms with E-state index in [9.17, 15) is 18.8 Å². The average Bonchev–Trinajstić information content (AvgIpc) is 3.00. The number of amides is 3. The third-order valence-corrected chi connectivity index (χ3v) is 5.66. The summed E-state index contributed by atoms with van der Waals surface area (Å²) in [4.78, 5) is 39.7. The van der Waals surface area contributed by atoms with Gasteiger partial charge in [0.25, 0.3) is 5.91 Å². The molecular formula is C24H27FN4O3S. The molecule has 2 aromatic carbocycles. The molecule has 0 bridgehead atoms. The fourth-order valence-corrected chi connectivity index (χ4v) is 3.84. The Labute approximate surface area is 197 Å². The molecule has 1 aliphatic rings. The standard InChI is InChI=1S/C24H27FN4O3S/c1-2-3-5-10-21(30)27-29-20(15-22(31)26-19-13-11-18(25)12-14-19)23(32)28(24(29)33)16-17-8-6-4-7-9-17/h4,6-9,11-14,20H,2-3,5,10,15-16H2,1H3,(H,26,31)(H,27,30). The van der Waals surface area contributed by atoms with E-state index in [2.05, 4.69) is 10.7 Å². The molecule has 1 atom stereocenters. The number of hydrogen-bond acceptors (Lipinski definition) is 4. The summed E-state index contributed by atoms with van der Waals surface area (Å²) in [6.07, 6.45) is 2.69. The molecule has 2 N–H and O–H groups in total. The molecule has 0 aliphatic carbocycles. The van der Waals surface area contributed by atoms with Crippen LogP contribution in [0.5, 0.6) is 0 Å². The van der Waals surface area contributed by atoms with Crippen molar-refractivity contribution in [2.24, 2.45) is 0 Å². The topological polar surface area (TPSA) is 81.8 Å². The highest BCUT2D eigenvalue weighted by Gasteiger charge is 2.44. The van der Waals surface area contributed by atoms with E-state index in [1.54, 1.807) is 0 Å². The van der Waals surface area contributed by atoms with Gasteiger partial charge < -0.3 is 5.32 Å². The van der Waals surface area contributed by atoms with Crippen molar-refractivity contribution >= 4 is 40.7 Å². The molecule has 1 aliphatic heterocycles. The first kappa shape index (κ1) is 24.3. The molecule has 2 aromatic rings. The predicted octanol–water partition coefficient (Wildman–Crippen LogP) is 3.76. The van der Waals surface area contributed by atoms with Gasteiger partial charge in [-0.05, 0) is 48.5 Å². The summed E-state index contributed by atoms with van der Waals surface area (Å²) in [7, 11) is 0. The van der Waals surface area contributed by atoms with Crippen LogP contribution in [-0.4, -0.2) is 38.8 Å². The minimum Gasteiger partial charge on any atom is -0.326 e. The van der Waals surface area contributed by atoms with E-state index < -0.39 is 17.8 Å². The van der Waals surface area contributed by atoms with Gasteiger partial charge in [-0.3, -0.25) is 24.7 Å². The van der Waals surface area contributed by atoms with E-state index in [-0.39, 0.29) is 29.9 Å². The van der Waals surface area contributed by atoms with Crippen LogP contribution in [0.3, 0.4) is 0 Å². The molecule has 9 heteroatoms. The van der Waals surface area contributed by atoms with Gasteiger partial charge in [-0.2, -0.15) is 0 Å². The lowest BCUT2D eigenvalue weighted by molar-refractivity contribution is -0.133. The van der Waals surface area contributed by atoms with E-state index >= 15 is 0 Å². The van der Waals surface area contributed by atoms with Crippen molar-refractivity contribution in [3.63, 3.8) is 0 Å². The van der Waals surface area contributed by atoms with E-state index in [0.29, 0.717) is 12.1 Å². The second kappa shape index (κ2) is 11.5. The third kappa shape index (κ3) is 6.58.